The van der Waals surface area contributed by atoms with Gasteiger partial charge in [0.25, 0.3) is 0 Å². The molecule has 1 aliphatic heterocycles. The maximum atomic E-state index is 12.7. The third-order valence-electron chi connectivity index (χ3n) is 4.72. The van der Waals surface area contributed by atoms with Crippen molar-refractivity contribution in [1.82, 2.24) is 15.0 Å². The Morgan fingerprint density at radius 1 is 1.48 bits per heavy atom. The van der Waals surface area contributed by atoms with Crippen molar-refractivity contribution in [3.8, 4) is 0 Å². The number of aliphatic hydroxyl groups is 1. The summed E-state index contributed by atoms with van der Waals surface area (Å²) in [5, 5.41) is 13.7. The van der Waals surface area contributed by atoms with Gasteiger partial charge in [-0.1, -0.05) is 19.0 Å². The molecule has 2 aliphatic rings. The van der Waals surface area contributed by atoms with E-state index in [1.54, 1.807) is 11.8 Å². The fourth-order valence-corrected chi connectivity index (χ4v) is 3.27. The van der Waals surface area contributed by atoms with Gasteiger partial charge in [-0.2, -0.15) is 4.98 Å². The minimum Gasteiger partial charge on any atom is -0.391 e. The van der Waals surface area contributed by atoms with Crippen LogP contribution in [0, 0.1) is 18.3 Å². The molecule has 2 fully saturated rings. The lowest BCUT2D eigenvalue weighted by Gasteiger charge is -2.28. The molecule has 0 bridgehead atoms. The van der Waals surface area contributed by atoms with Gasteiger partial charge in [-0.3, -0.25) is 4.79 Å². The predicted octanol–water partition coefficient (Wildman–Crippen LogP) is 1.84. The van der Waals surface area contributed by atoms with E-state index in [1.165, 1.54) is 12.8 Å². The van der Waals surface area contributed by atoms with Crippen LogP contribution in [0.5, 0.6) is 0 Å². The number of carbonyl (C=O) groups excluding carboxylic acids is 1. The highest BCUT2D eigenvalue weighted by molar-refractivity contribution is 5.77. The minimum absolute atomic E-state index is 0.0277. The molecule has 0 aromatic carbocycles. The van der Waals surface area contributed by atoms with E-state index < -0.39 is 6.10 Å². The van der Waals surface area contributed by atoms with Crippen LogP contribution >= 0.6 is 0 Å². The molecule has 21 heavy (non-hydrogen) atoms. The molecule has 6 heteroatoms. The van der Waals surface area contributed by atoms with Gasteiger partial charge in [0.2, 0.25) is 11.8 Å². The second kappa shape index (κ2) is 5.09. The number of aromatic nitrogens is 2. The highest BCUT2D eigenvalue weighted by Crippen LogP contribution is 2.48. The summed E-state index contributed by atoms with van der Waals surface area (Å²) in [6, 6.07) is -0.288. The minimum atomic E-state index is -0.518. The molecule has 1 aromatic heterocycles. The standard InChI is InChI=1S/C15H23N3O3/c1-9-16-14(21-17-9)12-6-11(19)8-18(12)13(20)7-15(2,3)10-4-5-10/h10-12,19H,4-8H2,1-3H3/t11-,12-/m1/s1. The van der Waals surface area contributed by atoms with E-state index >= 15 is 0 Å². The Morgan fingerprint density at radius 3 is 2.76 bits per heavy atom. The summed E-state index contributed by atoms with van der Waals surface area (Å²) in [5.41, 5.74) is 0.0277. The van der Waals surface area contributed by atoms with Crippen molar-refractivity contribution < 1.29 is 14.4 Å². The molecule has 0 radical (unpaired) electrons. The number of likely N-dealkylation sites (tertiary alicyclic amines) is 1. The summed E-state index contributed by atoms with van der Waals surface area (Å²) < 4.78 is 5.20. The first-order chi connectivity index (χ1) is 9.87. The van der Waals surface area contributed by atoms with Crippen LogP contribution in [0.4, 0.5) is 0 Å². The van der Waals surface area contributed by atoms with Crippen molar-refractivity contribution in [1.29, 1.82) is 0 Å². The van der Waals surface area contributed by atoms with E-state index in [4.69, 9.17) is 4.52 Å². The van der Waals surface area contributed by atoms with Crippen molar-refractivity contribution in [2.75, 3.05) is 6.54 Å². The number of carbonyl (C=O) groups is 1. The number of hydrogen-bond acceptors (Lipinski definition) is 5. The molecule has 1 aliphatic carbocycles. The highest BCUT2D eigenvalue weighted by Gasteiger charge is 2.43. The maximum Gasteiger partial charge on any atom is 0.249 e. The molecule has 2 atom stereocenters. The van der Waals surface area contributed by atoms with Crippen molar-refractivity contribution in [2.45, 2.75) is 58.6 Å². The van der Waals surface area contributed by atoms with E-state index in [0.29, 0.717) is 37.0 Å². The number of hydrogen-bond donors (Lipinski definition) is 1. The van der Waals surface area contributed by atoms with Gasteiger partial charge in [-0.15, -0.1) is 0 Å². The molecular weight excluding hydrogens is 270 g/mol. The molecular formula is C15H23N3O3. The monoisotopic (exact) mass is 293 g/mol. The topological polar surface area (TPSA) is 79.5 Å². The van der Waals surface area contributed by atoms with E-state index in [2.05, 4.69) is 24.0 Å². The number of amides is 1. The number of rotatable bonds is 4. The summed E-state index contributed by atoms with van der Waals surface area (Å²) in [6.07, 6.45) is 2.89. The molecule has 0 unspecified atom stereocenters. The number of aryl methyl sites for hydroxylation is 1. The predicted molar refractivity (Wildman–Crippen MR) is 75.2 cm³/mol. The fourth-order valence-electron chi connectivity index (χ4n) is 3.27. The van der Waals surface area contributed by atoms with Crippen LogP contribution < -0.4 is 0 Å². The largest absolute Gasteiger partial charge is 0.391 e. The third kappa shape index (κ3) is 2.95. The van der Waals surface area contributed by atoms with Crippen LogP contribution in [-0.4, -0.2) is 38.7 Å². The Balaban J connectivity index is 1.74. The average molecular weight is 293 g/mol. The van der Waals surface area contributed by atoms with Crippen molar-refractivity contribution in [2.24, 2.45) is 11.3 Å². The summed E-state index contributed by atoms with van der Waals surface area (Å²) in [6.45, 7) is 6.41. The summed E-state index contributed by atoms with van der Waals surface area (Å²) in [5.74, 6) is 1.71. The van der Waals surface area contributed by atoms with Crippen LogP contribution in [0.1, 0.15) is 57.3 Å². The first kappa shape index (κ1) is 14.5. The van der Waals surface area contributed by atoms with Crippen molar-refractivity contribution in [3.63, 3.8) is 0 Å². The molecule has 2 heterocycles. The molecule has 0 spiro atoms. The first-order valence-corrected chi connectivity index (χ1v) is 7.64. The Hall–Kier alpha value is -1.43. The molecule has 1 N–H and O–H groups in total. The quantitative estimate of drug-likeness (QED) is 0.916. The fraction of sp³-hybridized carbons (Fsp3) is 0.800. The lowest BCUT2D eigenvalue weighted by Crippen LogP contribution is -2.35. The van der Waals surface area contributed by atoms with Gasteiger partial charge in [-0.05, 0) is 31.1 Å². The van der Waals surface area contributed by atoms with Crippen LogP contribution in [0.25, 0.3) is 0 Å². The van der Waals surface area contributed by atoms with Gasteiger partial charge in [0.05, 0.1) is 6.10 Å². The Labute approximate surface area is 124 Å². The van der Waals surface area contributed by atoms with Crippen molar-refractivity contribution in [3.05, 3.63) is 11.7 Å². The molecule has 3 rings (SSSR count). The van der Waals surface area contributed by atoms with Gasteiger partial charge in [0, 0.05) is 19.4 Å². The zero-order valence-electron chi connectivity index (χ0n) is 12.9. The summed E-state index contributed by atoms with van der Waals surface area (Å²) in [4.78, 5) is 18.6. The second-order valence-electron chi connectivity index (χ2n) is 7.07. The molecule has 1 amide bonds. The first-order valence-electron chi connectivity index (χ1n) is 7.64. The normalized spacial score (nSPS) is 26.4. The zero-order chi connectivity index (χ0) is 15.2. The number of aliphatic hydroxyl groups excluding tert-OH is 1. The van der Waals surface area contributed by atoms with Crippen LogP contribution in [0.15, 0.2) is 4.52 Å². The lowest BCUT2D eigenvalue weighted by atomic mass is 9.83. The van der Waals surface area contributed by atoms with Crippen molar-refractivity contribution >= 4 is 5.91 Å². The van der Waals surface area contributed by atoms with Gasteiger partial charge < -0.3 is 14.5 Å². The maximum absolute atomic E-state index is 12.7. The number of β-amino-alcohol motifs (C(OH)–C–C–N with tert-alkyl or cyclic N) is 1. The molecule has 1 saturated carbocycles. The van der Waals surface area contributed by atoms with Crippen LogP contribution in [0.3, 0.4) is 0 Å². The average Bonchev–Trinajstić information content (AvgIpc) is 3.07. The Morgan fingerprint density at radius 2 is 2.19 bits per heavy atom. The molecule has 1 aromatic rings. The van der Waals surface area contributed by atoms with Gasteiger partial charge >= 0.3 is 0 Å². The second-order valence-corrected chi connectivity index (χ2v) is 7.07. The third-order valence-corrected chi connectivity index (χ3v) is 4.72. The number of nitrogens with zero attached hydrogens (tertiary/aromatic N) is 3. The Bertz CT molecular complexity index is 536. The van der Waals surface area contributed by atoms with E-state index in [0.717, 1.165) is 0 Å². The van der Waals surface area contributed by atoms with E-state index in [-0.39, 0.29) is 17.4 Å². The highest BCUT2D eigenvalue weighted by atomic mass is 16.5. The van der Waals surface area contributed by atoms with E-state index in [1.807, 2.05) is 0 Å². The van der Waals surface area contributed by atoms with Gasteiger partial charge in [0.1, 0.15) is 6.04 Å². The summed E-state index contributed by atoms with van der Waals surface area (Å²) >= 11 is 0. The summed E-state index contributed by atoms with van der Waals surface area (Å²) in [7, 11) is 0. The lowest BCUT2D eigenvalue weighted by molar-refractivity contribution is -0.135. The smallest absolute Gasteiger partial charge is 0.249 e. The van der Waals surface area contributed by atoms with Crippen LogP contribution in [0.2, 0.25) is 0 Å². The van der Waals surface area contributed by atoms with E-state index in [9.17, 15) is 9.90 Å². The zero-order valence-corrected chi connectivity index (χ0v) is 12.9. The van der Waals surface area contributed by atoms with Gasteiger partial charge in [0.15, 0.2) is 5.82 Å². The van der Waals surface area contributed by atoms with Gasteiger partial charge in [-0.25, -0.2) is 0 Å². The molecule has 6 nitrogen and oxygen atoms in total. The van der Waals surface area contributed by atoms with Crippen LogP contribution in [-0.2, 0) is 4.79 Å². The Kier molecular flexibility index (Phi) is 3.51. The molecule has 1 saturated heterocycles. The SMILES string of the molecule is Cc1noc([C@H]2C[C@@H](O)CN2C(=O)CC(C)(C)C2CC2)n1. The molecule has 116 valence electrons.